The molecule has 1 aliphatic heterocycles. The monoisotopic (exact) mass is 300 g/mol. The van der Waals surface area contributed by atoms with Gasteiger partial charge in [-0.2, -0.15) is 0 Å². The van der Waals surface area contributed by atoms with Gasteiger partial charge in [0.1, 0.15) is 5.75 Å². The third-order valence-corrected chi connectivity index (χ3v) is 4.45. The minimum atomic E-state index is 0.0155. The summed E-state index contributed by atoms with van der Waals surface area (Å²) in [6, 6.07) is 10.9. The predicted molar refractivity (Wildman–Crippen MR) is 86.8 cm³/mol. The molecule has 1 atom stereocenters. The Kier molecular flexibility index (Phi) is 4.50. The Hall–Kier alpha value is -1.78. The van der Waals surface area contributed by atoms with Crippen LogP contribution < -0.4 is 4.74 Å². The van der Waals surface area contributed by atoms with Crippen LogP contribution in [-0.2, 0) is 19.7 Å². The van der Waals surface area contributed by atoms with Crippen LogP contribution in [0, 0.1) is 0 Å². The first-order valence-corrected chi connectivity index (χ1v) is 7.97. The van der Waals surface area contributed by atoms with Gasteiger partial charge in [0.05, 0.1) is 13.2 Å². The zero-order chi connectivity index (χ0) is 15.5. The van der Waals surface area contributed by atoms with Gasteiger partial charge in [0.15, 0.2) is 0 Å². The maximum Gasteiger partial charge on any atom is 0.124 e. The van der Waals surface area contributed by atoms with Crippen molar-refractivity contribution in [3.8, 4) is 5.75 Å². The summed E-state index contributed by atoms with van der Waals surface area (Å²) >= 11 is 0. The van der Waals surface area contributed by atoms with E-state index in [1.54, 1.807) is 0 Å². The Labute approximate surface area is 131 Å². The molecule has 0 bridgehead atoms. The second-order valence-corrected chi connectivity index (χ2v) is 5.81. The van der Waals surface area contributed by atoms with E-state index in [0.29, 0.717) is 12.6 Å². The maximum atomic E-state index is 9.53. The van der Waals surface area contributed by atoms with E-state index in [1.165, 1.54) is 11.3 Å². The molecule has 4 heteroatoms. The quantitative estimate of drug-likeness (QED) is 0.922. The molecule has 2 heterocycles. The minimum Gasteiger partial charge on any atom is -0.494 e. The van der Waals surface area contributed by atoms with Crippen molar-refractivity contribution in [2.45, 2.75) is 39.6 Å². The zero-order valence-corrected chi connectivity index (χ0v) is 13.3. The van der Waals surface area contributed by atoms with Gasteiger partial charge in [-0.3, -0.25) is 4.90 Å². The Bertz CT molecular complexity index is 636. The number of benzene rings is 1. The normalized spacial score (nSPS) is 18.2. The number of rotatable bonds is 5. The van der Waals surface area contributed by atoms with E-state index >= 15 is 0 Å². The SMILES string of the molecule is CCOc1ccc(CN2CCn3cccc3C2C)cc1CO. The highest BCUT2D eigenvalue weighted by Gasteiger charge is 2.23. The number of hydrogen-bond acceptors (Lipinski definition) is 3. The van der Waals surface area contributed by atoms with E-state index in [4.69, 9.17) is 4.74 Å². The summed E-state index contributed by atoms with van der Waals surface area (Å²) in [6.45, 7) is 7.83. The molecule has 1 aromatic carbocycles. The Balaban J connectivity index is 1.76. The van der Waals surface area contributed by atoms with Crippen LogP contribution in [0.3, 0.4) is 0 Å². The molecule has 0 fully saturated rings. The molecule has 0 spiro atoms. The second kappa shape index (κ2) is 6.55. The Morgan fingerprint density at radius 3 is 2.91 bits per heavy atom. The van der Waals surface area contributed by atoms with E-state index in [-0.39, 0.29) is 6.61 Å². The molecule has 1 aliphatic rings. The number of aromatic nitrogens is 1. The minimum absolute atomic E-state index is 0.0155. The molecule has 4 nitrogen and oxygen atoms in total. The standard InChI is InChI=1S/C18H24N2O2/c1-3-22-18-7-6-15(11-16(18)13-21)12-20-10-9-19-8-4-5-17(19)14(20)2/h4-8,11,14,21H,3,9-10,12-13H2,1-2H3. The lowest BCUT2D eigenvalue weighted by atomic mass is 10.1. The fourth-order valence-electron chi connectivity index (χ4n) is 3.23. The van der Waals surface area contributed by atoms with E-state index in [9.17, 15) is 5.11 Å². The number of aliphatic hydroxyl groups is 1. The van der Waals surface area contributed by atoms with Crippen molar-refractivity contribution in [2.24, 2.45) is 0 Å². The van der Waals surface area contributed by atoms with Crippen molar-refractivity contribution in [1.82, 2.24) is 9.47 Å². The summed E-state index contributed by atoms with van der Waals surface area (Å²) in [5.74, 6) is 0.786. The largest absolute Gasteiger partial charge is 0.494 e. The molecule has 1 N–H and O–H groups in total. The number of nitrogens with zero attached hydrogens (tertiary/aromatic N) is 2. The summed E-state index contributed by atoms with van der Waals surface area (Å²) in [4.78, 5) is 2.48. The third-order valence-electron chi connectivity index (χ3n) is 4.45. The number of hydrogen-bond donors (Lipinski definition) is 1. The number of ether oxygens (including phenoxy) is 1. The Morgan fingerprint density at radius 1 is 1.27 bits per heavy atom. The highest BCUT2D eigenvalue weighted by atomic mass is 16.5. The Morgan fingerprint density at radius 2 is 2.14 bits per heavy atom. The van der Waals surface area contributed by atoms with Crippen LogP contribution in [0.1, 0.15) is 36.7 Å². The van der Waals surface area contributed by atoms with Crippen LogP contribution in [0.2, 0.25) is 0 Å². The summed E-state index contributed by atoms with van der Waals surface area (Å²) < 4.78 is 7.88. The number of aliphatic hydroxyl groups excluding tert-OH is 1. The van der Waals surface area contributed by atoms with Gasteiger partial charge in [-0.05, 0) is 43.7 Å². The van der Waals surface area contributed by atoms with Crippen LogP contribution >= 0.6 is 0 Å². The predicted octanol–water partition coefficient (Wildman–Crippen LogP) is 2.96. The van der Waals surface area contributed by atoms with Crippen molar-refractivity contribution in [1.29, 1.82) is 0 Å². The zero-order valence-electron chi connectivity index (χ0n) is 13.3. The molecule has 3 rings (SSSR count). The average Bonchev–Trinajstić information content (AvgIpc) is 3.01. The molecule has 118 valence electrons. The smallest absolute Gasteiger partial charge is 0.124 e. The molecule has 0 saturated carbocycles. The fourth-order valence-corrected chi connectivity index (χ4v) is 3.23. The molecular formula is C18H24N2O2. The summed E-state index contributed by atoms with van der Waals surface area (Å²) in [5, 5.41) is 9.53. The first-order chi connectivity index (χ1) is 10.7. The van der Waals surface area contributed by atoms with Crippen LogP contribution in [0.15, 0.2) is 36.5 Å². The fraction of sp³-hybridized carbons (Fsp3) is 0.444. The molecule has 2 aromatic rings. The van der Waals surface area contributed by atoms with Gasteiger partial charge in [-0.25, -0.2) is 0 Å². The number of fused-ring (bicyclic) bond motifs is 1. The van der Waals surface area contributed by atoms with Crippen LogP contribution in [0.5, 0.6) is 5.75 Å². The molecule has 1 unspecified atom stereocenters. The highest BCUT2D eigenvalue weighted by Crippen LogP contribution is 2.28. The van der Waals surface area contributed by atoms with Gasteiger partial charge in [0.2, 0.25) is 0 Å². The lowest BCUT2D eigenvalue weighted by Crippen LogP contribution is -2.35. The lowest BCUT2D eigenvalue weighted by Gasteiger charge is -2.35. The van der Waals surface area contributed by atoms with Gasteiger partial charge in [0, 0.05) is 43.1 Å². The van der Waals surface area contributed by atoms with Gasteiger partial charge >= 0.3 is 0 Å². The topological polar surface area (TPSA) is 37.6 Å². The molecule has 0 aliphatic carbocycles. The van der Waals surface area contributed by atoms with Gasteiger partial charge in [-0.15, -0.1) is 0 Å². The van der Waals surface area contributed by atoms with Crippen molar-refractivity contribution in [3.05, 3.63) is 53.3 Å². The molecule has 0 amide bonds. The summed E-state index contributed by atoms with van der Waals surface area (Å²) in [6.07, 6.45) is 2.16. The van der Waals surface area contributed by atoms with Crippen molar-refractivity contribution in [3.63, 3.8) is 0 Å². The molecule has 0 saturated heterocycles. The molecule has 0 radical (unpaired) electrons. The molecule has 22 heavy (non-hydrogen) atoms. The van der Waals surface area contributed by atoms with Gasteiger partial charge in [-0.1, -0.05) is 6.07 Å². The maximum absolute atomic E-state index is 9.53. The van der Waals surface area contributed by atoms with E-state index in [0.717, 1.165) is 30.9 Å². The summed E-state index contributed by atoms with van der Waals surface area (Å²) in [5.41, 5.74) is 3.46. The van der Waals surface area contributed by atoms with Crippen LogP contribution in [0.25, 0.3) is 0 Å². The second-order valence-electron chi connectivity index (χ2n) is 5.81. The molecule has 1 aromatic heterocycles. The molecular weight excluding hydrogens is 276 g/mol. The lowest BCUT2D eigenvalue weighted by molar-refractivity contribution is 0.160. The van der Waals surface area contributed by atoms with Crippen LogP contribution in [-0.4, -0.2) is 27.7 Å². The van der Waals surface area contributed by atoms with Crippen molar-refractivity contribution >= 4 is 0 Å². The van der Waals surface area contributed by atoms with E-state index in [2.05, 4.69) is 46.9 Å². The third kappa shape index (κ3) is 2.89. The first kappa shape index (κ1) is 15.1. The van der Waals surface area contributed by atoms with E-state index in [1.807, 2.05) is 13.0 Å². The van der Waals surface area contributed by atoms with Crippen molar-refractivity contribution in [2.75, 3.05) is 13.2 Å². The highest BCUT2D eigenvalue weighted by molar-refractivity contribution is 5.37. The van der Waals surface area contributed by atoms with Crippen LogP contribution in [0.4, 0.5) is 0 Å². The van der Waals surface area contributed by atoms with Gasteiger partial charge in [0.25, 0.3) is 0 Å². The van der Waals surface area contributed by atoms with Gasteiger partial charge < -0.3 is 14.4 Å². The average molecular weight is 300 g/mol. The first-order valence-electron chi connectivity index (χ1n) is 7.97. The van der Waals surface area contributed by atoms with Crippen molar-refractivity contribution < 1.29 is 9.84 Å². The van der Waals surface area contributed by atoms with E-state index < -0.39 is 0 Å². The summed E-state index contributed by atoms with van der Waals surface area (Å²) in [7, 11) is 0.